The Balaban J connectivity index is 2.95. The van der Waals surface area contributed by atoms with Crippen LogP contribution in [0.25, 0.3) is 0 Å². The molecule has 94 valence electrons. The Kier molecular flexibility index (Phi) is 4.82. The van der Waals surface area contributed by atoms with E-state index in [1.165, 1.54) is 12.1 Å². The van der Waals surface area contributed by atoms with Crippen molar-refractivity contribution in [1.29, 1.82) is 0 Å². The SMILES string of the molecule is CCCCN(C(=O)CC)c1ccc(O)c(O)c1. The van der Waals surface area contributed by atoms with Gasteiger partial charge >= 0.3 is 0 Å². The lowest BCUT2D eigenvalue weighted by Gasteiger charge is -2.22. The lowest BCUT2D eigenvalue weighted by Crippen LogP contribution is -2.31. The second kappa shape index (κ2) is 6.13. The summed E-state index contributed by atoms with van der Waals surface area (Å²) in [6.07, 6.45) is 2.33. The first-order chi connectivity index (χ1) is 8.10. The highest BCUT2D eigenvalue weighted by Crippen LogP contribution is 2.29. The first-order valence-corrected chi connectivity index (χ1v) is 5.92. The Labute approximate surface area is 101 Å². The fourth-order valence-corrected chi connectivity index (χ4v) is 1.58. The molecule has 0 bridgehead atoms. The Morgan fingerprint density at radius 3 is 2.47 bits per heavy atom. The maximum absolute atomic E-state index is 11.8. The summed E-state index contributed by atoms with van der Waals surface area (Å²) >= 11 is 0. The molecule has 0 aliphatic carbocycles. The van der Waals surface area contributed by atoms with Gasteiger partial charge in [-0.1, -0.05) is 20.3 Å². The zero-order chi connectivity index (χ0) is 12.8. The van der Waals surface area contributed by atoms with E-state index in [0.29, 0.717) is 18.7 Å². The van der Waals surface area contributed by atoms with Crippen molar-refractivity contribution in [2.24, 2.45) is 0 Å². The van der Waals surface area contributed by atoms with Gasteiger partial charge in [0.1, 0.15) is 0 Å². The van der Waals surface area contributed by atoms with E-state index in [9.17, 15) is 15.0 Å². The standard InChI is InChI=1S/C13H19NO3/c1-3-5-8-14(13(17)4-2)10-6-7-11(15)12(16)9-10/h6-7,9,15-16H,3-5,8H2,1-2H3. The molecule has 0 saturated carbocycles. The van der Waals surface area contributed by atoms with Crippen molar-refractivity contribution in [1.82, 2.24) is 0 Å². The van der Waals surface area contributed by atoms with E-state index in [1.807, 2.05) is 6.92 Å². The number of rotatable bonds is 5. The minimum Gasteiger partial charge on any atom is -0.504 e. The highest BCUT2D eigenvalue weighted by Gasteiger charge is 2.14. The lowest BCUT2D eigenvalue weighted by atomic mass is 10.2. The molecule has 1 aromatic carbocycles. The van der Waals surface area contributed by atoms with Gasteiger partial charge in [0.05, 0.1) is 0 Å². The number of phenolic OH excluding ortho intramolecular Hbond substituents is 2. The van der Waals surface area contributed by atoms with Crippen molar-refractivity contribution >= 4 is 11.6 Å². The molecule has 0 aromatic heterocycles. The van der Waals surface area contributed by atoms with Gasteiger partial charge in [0.2, 0.25) is 5.91 Å². The Bertz CT molecular complexity index is 390. The Hall–Kier alpha value is -1.71. The summed E-state index contributed by atoms with van der Waals surface area (Å²) in [5.74, 6) is -0.357. The summed E-state index contributed by atoms with van der Waals surface area (Å²) in [6.45, 7) is 4.50. The third-order valence-electron chi connectivity index (χ3n) is 2.61. The summed E-state index contributed by atoms with van der Waals surface area (Å²) in [6, 6.07) is 4.45. The minimum atomic E-state index is -0.201. The van der Waals surface area contributed by atoms with Crippen LogP contribution in [0.4, 0.5) is 5.69 Å². The molecule has 2 N–H and O–H groups in total. The Morgan fingerprint density at radius 1 is 1.24 bits per heavy atom. The van der Waals surface area contributed by atoms with E-state index in [0.717, 1.165) is 12.8 Å². The third kappa shape index (κ3) is 3.37. The van der Waals surface area contributed by atoms with Crippen molar-refractivity contribution in [3.8, 4) is 11.5 Å². The molecule has 1 rings (SSSR count). The molecule has 0 saturated heterocycles. The summed E-state index contributed by atoms with van der Waals surface area (Å²) in [7, 11) is 0. The van der Waals surface area contributed by atoms with Crippen molar-refractivity contribution in [2.75, 3.05) is 11.4 Å². The number of carbonyl (C=O) groups is 1. The monoisotopic (exact) mass is 237 g/mol. The number of nitrogens with zero attached hydrogens (tertiary/aromatic N) is 1. The minimum absolute atomic E-state index is 0.0172. The molecule has 0 heterocycles. The van der Waals surface area contributed by atoms with Gasteiger partial charge in [-0.15, -0.1) is 0 Å². The number of aromatic hydroxyl groups is 2. The molecule has 4 nitrogen and oxygen atoms in total. The van der Waals surface area contributed by atoms with Crippen LogP contribution in [0.15, 0.2) is 18.2 Å². The number of unbranched alkanes of at least 4 members (excludes halogenated alkanes) is 1. The van der Waals surface area contributed by atoms with Crippen LogP contribution in [0.5, 0.6) is 11.5 Å². The summed E-state index contributed by atoms with van der Waals surface area (Å²) in [4.78, 5) is 13.4. The van der Waals surface area contributed by atoms with E-state index in [4.69, 9.17) is 0 Å². The van der Waals surface area contributed by atoms with Crippen LogP contribution in [-0.2, 0) is 4.79 Å². The number of hydrogen-bond acceptors (Lipinski definition) is 3. The van der Waals surface area contributed by atoms with E-state index in [2.05, 4.69) is 6.92 Å². The lowest BCUT2D eigenvalue weighted by molar-refractivity contribution is -0.118. The zero-order valence-electron chi connectivity index (χ0n) is 10.3. The fourth-order valence-electron chi connectivity index (χ4n) is 1.58. The van der Waals surface area contributed by atoms with Crippen molar-refractivity contribution in [2.45, 2.75) is 33.1 Å². The van der Waals surface area contributed by atoms with Gasteiger partial charge < -0.3 is 15.1 Å². The third-order valence-corrected chi connectivity index (χ3v) is 2.61. The van der Waals surface area contributed by atoms with Crippen LogP contribution >= 0.6 is 0 Å². The van der Waals surface area contributed by atoms with E-state index in [-0.39, 0.29) is 17.4 Å². The molecule has 0 aliphatic rings. The van der Waals surface area contributed by atoms with Crippen LogP contribution in [-0.4, -0.2) is 22.7 Å². The predicted molar refractivity (Wildman–Crippen MR) is 67.3 cm³/mol. The average molecular weight is 237 g/mol. The molecular weight excluding hydrogens is 218 g/mol. The van der Waals surface area contributed by atoms with Crippen LogP contribution < -0.4 is 4.90 Å². The van der Waals surface area contributed by atoms with Crippen molar-refractivity contribution < 1.29 is 15.0 Å². The van der Waals surface area contributed by atoms with E-state index >= 15 is 0 Å². The number of anilines is 1. The zero-order valence-corrected chi connectivity index (χ0v) is 10.3. The van der Waals surface area contributed by atoms with Gasteiger partial charge in [0, 0.05) is 24.7 Å². The predicted octanol–water partition coefficient (Wildman–Crippen LogP) is 2.64. The molecule has 0 radical (unpaired) electrons. The normalized spacial score (nSPS) is 10.2. The summed E-state index contributed by atoms with van der Waals surface area (Å²) in [5.41, 5.74) is 0.626. The van der Waals surface area contributed by atoms with Crippen LogP contribution in [0, 0.1) is 0 Å². The molecular formula is C13H19NO3. The maximum Gasteiger partial charge on any atom is 0.226 e. The second-order valence-corrected chi connectivity index (χ2v) is 3.93. The molecule has 1 amide bonds. The highest BCUT2D eigenvalue weighted by molar-refractivity contribution is 5.93. The largest absolute Gasteiger partial charge is 0.504 e. The molecule has 17 heavy (non-hydrogen) atoms. The Morgan fingerprint density at radius 2 is 1.94 bits per heavy atom. The maximum atomic E-state index is 11.8. The molecule has 0 spiro atoms. The van der Waals surface area contributed by atoms with Crippen LogP contribution in [0.1, 0.15) is 33.1 Å². The summed E-state index contributed by atoms with van der Waals surface area (Å²) < 4.78 is 0. The molecule has 0 unspecified atom stereocenters. The molecule has 0 aliphatic heterocycles. The van der Waals surface area contributed by atoms with Gasteiger partial charge in [0.25, 0.3) is 0 Å². The molecule has 0 atom stereocenters. The van der Waals surface area contributed by atoms with Crippen LogP contribution in [0.2, 0.25) is 0 Å². The van der Waals surface area contributed by atoms with Gasteiger partial charge in [-0.3, -0.25) is 4.79 Å². The molecule has 1 aromatic rings. The highest BCUT2D eigenvalue weighted by atomic mass is 16.3. The molecule has 4 heteroatoms. The van der Waals surface area contributed by atoms with Gasteiger partial charge in [0.15, 0.2) is 11.5 Å². The van der Waals surface area contributed by atoms with Gasteiger partial charge in [-0.2, -0.15) is 0 Å². The van der Waals surface area contributed by atoms with Gasteiger partial charge in [-0.25, -0.2) is 0 Å². The number of hydrogen-bond donors (Lipinski definition) is 2. The number of phenols is 2. The second-order valence-electron chi connectivity index (χ2n) is 3.93. The topological polar surface area (TPSA) is 60.8 Å². The average Bonchev–Trinajstić information content (AvgIpc) is 2.33. The first-order valence-electron chi connectivity index (χ1n) is 5.92. The first kappa shape index (κ1) is 13.4. The molecule has 0 fully saturated rings. The van der Waals surface area contributed by atoms with E-state index in [1.54, 1.807) is 11.0 Å². The van der Waals surface area contributed by atoms with Crippen LogP contribution in [0.3, 0.4) is 0 Å². The number of amides is 1. The smallest absolute Gasteiger partial charge is 0.226 e. The number of benzene rings is 1. The van der Waals surface area contributed by atoms with E-state index < -0.39 is 0 Å². The van der Waals surface area contributed by atoms with Crippen molar-refractivity contribution in [3.05, 3.63) is 18.2 Å². The quantitative estimate of drug-likeness (QED) is 0.774. The van der Waals surface area contributed by atoms with Gasteiger partial charge in [-0.05, 0) is 18.6 Å². The number of carbonyl (C=O) groups excluding carboxylic acids is 1. The fraction of sp³-hybridized carbons (Fsp3) is 0.462. The summed E-state index contributed by atoms with van der Waals surface area (Å²) in [5, 5.41) is 18.7. The van der Waals surface area contributed by atoms with Crippen molar-refractivity contribution in [3.63, 3.8) is 0 Å².